The lowest BCUT2D eigenvalue weighted by atomic mass is 10.2. The number of sulfonamides is 1. The molecule has 1 atom stereocenters. The molecule has 0 saturated heterocycles. The molecule has 110 valence electrons. The van der Waals surface area contributed by atoms with E-state index in [0.717, 1.165) is 5.56 Å². The van der Waals surface area contributed by atoms with E-state index in [1.165, 1.54) is 13.0 Å². The van der Waals surface area contributed by atoms with Gasteiger partial charge in [-0.15, -0.1) is 0 Å². The van der Waals surface area contributed by atoms with Gasteiger partial charge >= 0.3 is 5.97 Å². The first-order valence-electron chi connectivity index (χ1n) is 6.38. The fourth-order valence-electron chi connectivity index (χ4n) is 1.95. The first-order valence-corrected chi connectivity index (χ1v) is 7.87. The summed E-state index contributed by atoms with van der Waals surface area (Å²) in [7, 11) is -3.75. The molecule has 0 aliphatic carbocycles. The summed E-state index contributed by atoms with van der Waals surface area (Å²) in [4.78, 5) is 11.6. The van der Waals surface area contributed by atoms with E-state index in [-0.39, 0.29) is 11.5 Å². The van der Waals surface area contributed by atoms with E-state index in [2.05, 4.69) is 4.72 Å². The van der Waals surface area contributed by atoms with Crippen molar-refractivity contribution in [2.24, 2.45) is 0 Å². The zero-order valence-electron chi connectivity index (χ0n) is 11.4. The van der Waals surface area contributed by atoms with Gasteiger partial charge in [0.25, 0.3) is 0 Å². The molecule has 0 saturated carbocycles. The van der Waals surface area contributed by atoms with Crippen LogP contribution in [-0.4, -0.2) is 33.6 Å². The number of hydrogen-bond donors (Lipinski definition) is 1. The largest absolute Gasteiger partial charge is 0.493 e. The molecule has 0 amide bonds. The molecule has 0 bridgehead atoms. The van der Waals surface area contributed by atoms with Crippen LogP contribution in [0.3, 0.4) is 0 Å². The van der Waals surface area contributed by atoms with Crippen molar-refractivity contribution >= 4 is 16.0 Å². The van der Waals surface area contributed by atoms with Crippen molar-refractivity contribution in [3.63, 3.8) is 0 Å². The lowest BCUT2D eigenvalue weighted by molar-refractivity contribution is -0.144. The first kappa shape index (κ1) is 14.8. The zero-order chi connectivity index (χ0) is 14.8. The van der Waals surface area contributed by atoms with Crippen molar-refractivity contribution in [1.29, 1.82) is 0 Å². The normalized spacial score (nSPS) is 15.3. The van der Waals surface area contributed by atoms with Crippen LogP contribution in [-0.2, 0) is 26.0 Å². The topological polar surface area (TPSA) is 81.7 Å². The van der Waals surface area contributed by atoms with Crippen molar-refractivity contribution in [3.05, 3.63) is 23.8 Å². The predicted octanol–water partition coefficient (Wildman–Crippen LogP) is 0.851. The van der Waals surface area contributed by atoms with Crippen LogP contribution in [0.2, 0.25) is 0 Å². The van der Waals surface area contributed by atoms with Gasteiger partial charge in [-0.25, -0.2) is 8.42 Å². The van der Waals surface area contributed by atoms with Gasteiger partial charge in [-0.3, -0.25) is 4.79 Å². The smallest absolute Gasteiger partial charge is 0.323 e. The summed E-state index contributed by atoms with van der Waals surface area (Å²) in [5, 5.41) is 0. The molecule has 6 nitrogen and oxygen atoms in total. The number of carbonyl (C=O) groups excluding carboxylic acids is 1. The number of ether oxygens (including phenoxy) is 2. The van der Waals surface area contributed by atoms with Gasteiger partial charge in [-0.1, -0.05) is 0 Å². The van der Waals surface area contributed by atoms with Gasteiger partial charge in [0.2, 0.25) is 10.0 Å². The monoisotopic (exact) mass is 299 g/mol. The quantitative estimate of drug-likeness (QED) is 0.815. The van der Waals surface area contributed by atoms with Crippen LogP contribution in [0, 0.1) is 0 Å². The van der Waals surface area contributed by atoms with E-state index in [9.17, 15) is 13.2 Å². The summed E-state index contributed by atoms with van der Waals surface area (Å²) in [6.07, 6.45) is 0.687. The SMILES string of the molecule is CCOC(=O)C(C)NS(=O)(=O)c1ccc2c(c1)CCO2. The highest BCUT2D eigenvalue weighted by Crippen LogP contribution is 2.27. The minimum atomic E-state index is -3.75. The first-order chi connectivity index (χ1) is 9.44. The molecular formula is C13H17NO5S. The van der Waals surface area contributed by atoms with E-state index in [0.29, 0.717) is 18.8 Å². The number of hydrogen-bond acceptors (Lipinski definition) is 5. The molecule has 1 aliphatic heterocycles. The van der Waals surface area contributed by atoms with Gasteiger partial charge in [-0.05, 0) is 37.6 Å². The lowest BCUT2D eigenvalue weighted by Crippen LogP contribution is -2.39. The van der Waals surface area contributed by atoms with E-state index in [1.54, 1.807) is 19.1 Å². The molecule has 0 radical (unpaired) electrons. The maximum absolute atomic E-state index is 12.2. The third-order valence-corrected chi connectivity index (χ3v) is 4.48. The Morgan fingerprint density at radius 2 is 2.25 bits per heavy atom. The number of carbonyl (C=O) groups is 1. The second-order valence-electron chi connectivity index (χ2n) is 4.46. The molecule has 0 fully saturated rings. The van der Waals surface area contributed by atoms with Crippen molar-refractivity contribution in [3.8, 4) is 5.75 Å². The van der Waals surface area contributed by atoms with Crippen molar-refractivity contribution in [1.82, 2.24) is 4.72 Å². The number of fused-ring (bicyclic) bond motifs is 1. The number of rotatable bonds is 5. The Morgan fingerprint density at radius 3 is 2.95 bits per heavy atom. The molecule has 1 unspecified atom stereocenters. The molecule has 7 heteroatoms. The van der Waals surface area contributed by atoms with E-state index in [4.69, 9.17) is 9.47 Å². The molecule has 0 aromatic heterocycles. The fraction of sp³-hybridized carbons (Fsp3) is 0.462. The zero-order valence-corrected chi connectivity index (χ0v) is 12.2. The van der Waals surface area contributed by atoms with Gasteiger partial charge in [0.15, 0.2) is 0 Å². The van der Waals surface area contributed by atoms with Crippen LogP contribution in [0.4, 0.5) is 0 Å². The highest BCUT2D eigenvalue weighted by molar-refractivity contribution is 7.89. The predicted molar refractivity (Wildman–Crippen MR) is 72.1 cm³/mol. The van der Waals surface area contributed by atoms with Crippen LogP contribution in [0.1, 0.15) is 19.4 Å². The summed E-state index contributed by atoms with van der Waals surface area (Å²) in [5.41, 5.74) is 0.858. The Balaban J connectivity index is 2.16. The minimum absolute atomic E-state index is 0.123. The Bertz CT molecular complexity index is 611. The minimum Gasteiger partial charge on any atom is -0.493 e. The van der Waals surface area contributed by atoms with Gasteiger partial charge < -0.3 is 9.47 Å². The molecule has 1 aliphatic rings. The maximum Gasteiger partial charge on any atom is 0.323 e. The maximum atomic E-state index is 12.2. The summed E-state index contributed by atoms with van der Waals surface area (Å²) in [6.45, 7) is 3.89. The number of nitrogens with one attached hydrogen (secondary N) is 1. The molecule has 1 N–H and O–H groups in total. The molecular weight excluding hydrogens is 282 g/mol. The van der Waals surface area contributed by atoms with E-state index in [1.807, 2.05) is 0 Å². The van der Waals surface area contributed by atoms with E-state index < -0.39 is 22.0 Å². The van der Waals surface area contributed by atoms with Crippen LogP contribution >= 0.6 is 0 Å². The average molecular weight is 299 g/mol. The second kappa shape index (κ2) is 5.80. The summed E-state index contributed by atoms with van der Waals surface area (Å²) in [5.74, 6) is 0.114. The van der Waals surface area contributed by atoms with Crippen LogP contribution in [0.25, 0.3) is 0 Å². The molecule has 2 rings (SSSR count). The Kier molecular flexibility index (Phi) is 4.29. The number of esters is 1. The number of benzene rings is 1. The molecule has 1 aromatic carbocycles. The van der Waals surface area contributed by atoms with Gasteiger partial charge in [0, 0.05) is 6.42 Å². The summed E-state index contributed by atoms with van der Waals surface area (Å²) >= 11 is 0. The van der Waals surface area contributed by atoms with E-state index >= 15 is 0 Å². The molecule has 1 heterocycles. The fourth-order valence-corrected chi connectivity index (χ4v) is 3.19. The lowest BCUT2D eigenvalue weighted by Gasteiger charge is -2.13. The van der Waals surface area contributed by atoms with Crippen LogP contribution < -0.4 is 9.46 Å². The van der Waals surface area contributed by atoms with Crippen molar-refractivity contribution in [2.45, 2.75) is 31.2 Å². The third-order valence-electron chi connectivity index (χ3n) is 2.94. The summed E-state index contributed by atoms with van der Waals surface area (Å²) < 4.78 is 36.8. The van der Waals surface area contributed by atoms with Crippen molar-refractivity contribution < 1.29 is 22.7 Å². The molecule has 0 spiro atoms. The standard InChI is InChI=1S/C13H17NO5S/c1-3-18-13(15)9(2)14-20(16,17)11-4-5-12-10(8-11)6-7-19-12/h4-5,8-9,14H,3,6-7H2,1-2H3. The Hall–Kier alpha value is -1.60. The van der Waals surface area contributed by atoms with Crippen molar-refractivity contribution in [2.75, 3.05) is 13.2 Å². The van der Waals surface area contributed by atoms with Gasteiger partial charge in [-0.2, -0.15) is 4.72 Å². The Morgan fingerprint density at radius 1 is 1.50 bits per heavy atom. The third kappa shape index (κ3) is 3.10. The highest BCUT2D eigenvalue weighted by Gasteiger charge is 2.24. The van der Waals surface area contributed by atoms with Gasteiger partial charge in [0.1, 0.15) is 11.8 Å². The van der Waals surface area contributed by atoms with Crippen LogP contribution in [0.5, 0.6) is 5.75 Å². The van der Waals surface area contributed by atoms with Crippen LogP contribution in [0.15, 0.2) is 23.1 Å². The molecule has 1 aromatic rings. The highest BCUT2D eigenvalue weighted by atomic mass is 32.2. The Labute approximate surface area is 118 Å². The summed E-state index contributed by atoms with van der Waals surface area (Å²) in [6, 6.07) is 3.74. The molecule has 20 heavy (non-hydrogen) atoms. The average Bonchev–Trinajstić information content (AvgIpc) is 2.85. The van der Waals surface area contributed by atoms with Gasteiger partial charge in [0.05, 0.1) is 18.1 Å². The second-order valence-corrected chi connectivity index (χ2v) is 6.18.